The highest BCUT2D eigenvalue weighted by Gasteiger charge is 2.01. The molecule has 0 aliphatic carbocycles. The molecule has 0 aromatic heterocycles. The molecule has 0 atom stereocenters. The van der Waals surface area contributed by atoms with Gasteiger partial charge in [-0.2, -0.15) is 0 Å². The van der Waals surface area contributed by atoms with Crippen molar-refractivity contribution in [3.05, 3.63) is 59.7 Å². The fourth-order valence-corrected chi connectivity index (χ4v) is 3.74. The molecule has 0 heterocycles. The van der Waals surface area contributed by atoms with E-state index < -0.39 is 0 Å². The molecule has 0 radical (unpaired) electrons. The Morgan fingerprint density at radius 3 is 1.37 bits per heavy atom. The third kappa shape index (κ3) is 4.44. The normalized spacial score (nSPS) is 9.79. The van der Waals surface area contributed by atoms with Gasteiger partial charge in [0, 0.05) is 0 Å². The van der Waals surface area contributed by atoms with E-state index in [1.165, 1.54) is 20.2 Å². The third-order valence-corrected chi connectivity index (χ3v) is 5.11. The van der Waals surface area contributed by atoms with Gasteiger partial charge in [0.15, 0.2) is 0 Å². The van der Waals surface area contributed by atoms with Crippen LogP contribution in [-0.2, 0) is 9.10 Å². The number of methoxy groups -OCH3 is 2. The van der Waals surface area contributed by atoms with Gasteiger partial charge in [-0.05, 0) is 24.3 Å². The molecule has 2 aromatic carbocycles. The molecule has 96 valence electrons. The second-order valence-electron chi connectivity index (χ2n) is 4.55. The number of hydrogen-bond acceptors (Lipinski definition) is 2. The summed E-state index contributed by atoms with van der Waals surface area (Å²) in [6, 6.07) is 16.8. The van der Waals surface area contributed by atoms with Gasteiger partial charge in [0.2, 0.25) is 0 Å². The third-order valence-electron chi connectivity index (χ3n) is 3.25. The van der Waals surface area contributed by atoms with E-state index in [4.69, 9.17) is 9.47 Å². The SMILES string of the molecule is COc1ccc([CH2][Mg][CH2]c2ccc(OC)cc2)cc1. The zero-order valence-electron chi connectivity index (χ0n) is 11.6. The van der Waals surface area contributed by atoms with Crippen LogP contribution in [0.1, 0.15) is 11.1 Å². The zero-order valence-corrected chi connectivity index (χ0v) is 13.0. The van der Waals surface area contributed by atoms with Crippen molar-refractivity contribution < 1.29 is 9.47 Å². The maximum absolute atomic E-state index is 5.16. The van der Waals surface area contributed by atoms with Crippen molar-refractivity contribution in [3.63, 3.8) is 0 Å². The Hall–Kier alpha value is -1.19. The first-order valence-electron chi connectivity index (χ1n) is 6.57. The highest BCUT2D eigenvalue weighted by Crippen LogP contribution is 2.13. The monoisotopic (exact) mass is 266 g/mol. The van der Waals surface area contributed by atoms with Gasteiger partial charge in [-0.3, -0.25) is 0 Å². The molecule has 0 amide bonds. The maximum atomic E-state index is 5.16. The quantitative estimate of drug-likeness (QED) is 0.748. The average Bonchev–Trinajstić information content (AvgIpc) is 2.49. The van der Waals surface area contributed by atoms with Crippen LogP contribution < -0.4 is 9.47 Å². The summed E-state index contributed by atoms with van der Waals surface area (Å²) in [5.41, 5.74) is 2.84. The minimum Gasteiger partial charge on any atom is -0.497 e. The number of ether oxygens (including phenoxy) is 2. The molecular formula is C16H18MgO2. The van der Waals surface area contributed by atoms with Crippen molar-refractivity contribution in [2.45, 2.75) is 9.10 Å². The fourth-order valence-electron chi connectivity index (χ4n) is 2.08. The molecule has 0 saturated carbocycles. The first-order chi connectivity index (χ1) is 9.31. The fraction of sp³-hybridized carbons (Fsp3) is 0.250. The molecule has 3 heteroatoms. The van der Waals surface area contributed by atoms with E-state index >= 15 is 0 Å². The average molecular weight is 267 g/mol. The van der Waals surface area contributed by atoms with Crippen molar-refractivity contribution in [1.82, 2.24) is 0 Å². The summed E-state index contributed by atoms with van der Waals surface area (Å²) < 4.78 is 12.8. The van der Waals surface area contributed by atoms with Gasteiger partial charge in [0.25, 0.3) is 0 Å². The Kier molecular flexibility index (Phi) is 5.54. The van der Waals surface area contributed by atoms with E-state index in [9.17, 15) is 0 Å². The lowest BCUT2D eigenvalue weighted by molar-refractivity contribution is 0.414. The summed E-state index contributed by atoms with van der Waals surface area (Å²) in [6.07, 6.45) is 0. The van der Waals surface area contributed by atoms with Gasteiger partial charge >= 0.3 is 20.4 Å². The maximum Gasteiger partial charge on any atom is 0.377 e. The molecular weight excluding hydrogens is 248 g/mol. The smallest absolute Gasteiger partial charge is 0.377 e. The summed E-state index contributed by atoms with van der Waals surface area (Å²) in [7, 11) is 3.40. The predicted molar refractivity (Wildman–Crippen MR) is 79.2 cm³/mol. The lowest BCUT2D eigenvalue weighted by atomic mass is 10.2. The van der Waals surface area contributed by atoms with Crippen LogP contribution >= 0.6 is 0 Å². The molecule has 0 spiro atoms. The van der Waals surface area contributed by atoms with Crippen LogP contribution in [0, 0.1) is 0 Å². The van der Waals surface area contributed by atoms with Crippen LogP contribution in [0.5, 0.6) is 11.5 Å². The van der Waals surface area contributed by atoms with Crippen molar-refractivity contribution >= 4 is 20.4 Å². The van der Waals surface area contributed by atoms with Crippen LogP contribution in [0.3, 0.4) is 0 Å². The van der Waals surface area contributed by atoms with Crippen LogP contribution in [0.15, 0.2) is 48.5 Å². The summed E-state index contributed by atoms with van der Waals surface area (Å²) >= 11 is -0.104. The van der Waals surface area contributed by atoms with Crippen LogP contribution in [-0.4, -0.2) is 34.6 Å². The van der Waals surface area contributed by atoms with Gasteiger partial charge in [-0.1, -0.05) is 35.4 Å². The Bertz CT molecular complexity index is 444. The number of benzene rings is 2. The Morgan fingerprint density at radius 2 is 1.05 bits per heavy atom. The summed E-state index contributed by atoms with van der Waals surface area (Å²) in [5.74, 6) is 1.86. The van der Waals surface area contributed by atoms with Crippen LogP contribution in [0.4, 0.5) is 0 Å². The van der Waals surface area contributed by atoms with Crippen molar-refractivity contribution in [2.24, 2.45) is 0 Å². The van der Waals surface area contributed by atoms with E-state index in [0.29, 0.717) is 0 Å². The summed E-state index contributed by atoms with van der Waals surface area (Å²) in [5, 5.41) is 0. The summed E-state index contributed by atoms with van der Waals surface area (Å²) in [4.78, 5) is 0. The van der Waals surface area contributed by atoms with Crippen molar-refractivity contribution in [2.75, 3.05) is 14.2 Å². The minimum absolute atomic E-state index is 0.104. The molecule has 0 bridgehead atoms. The molecule has 0 aliphatic heterocycles. The minimum atomic E-state index is -0.104. The lowest BCUT2D eigenvalue weighted by Gasteiger charge is -2.04. The Morgan fingerprint density at radius 1 is 0.684 bits per heavy atom. The molecule has 0 aliphatic rings. The van der Waals surface area contributed by atoms with Crippen LogP contribution in [0.2, 0.25) is 0 Å². The van der Waals surface area contributed by atoms with Crippen molar-refractivity contribution in [1.29, 1.82) is 0 Å². The Balaban J connectivity index is 1.81. The highest BCUT2D eigenvalue weighted by atomic mass is 24.5. The van der Waals surface area contributed by atoms with Gasteiger partial charge in [0.1, 0.15) is 11.5 Å². The van der Waals surface area contributed by atoms with E-state index in [1.54, 1.807) is 14.2 Å². The van der Waals surface area contributed by atoms with Gasteiger partial charge < -0.3 is 9.47 Å². The first-order valence-corrected chi connectivity index (χ1v) is 8.57. The largest absolute Gasteiger partial charge is 0.497 e. The van der Waals surface area contributed by atoms with E-state index in [0.717, 1.165) is 11.5 Å². The van der Waals surface area contributed by atoms with Gasteiger partial charge in [-0.15, -0.1) is 9.10 Å². The molecule has 2 aromatic rings. The second-order valence-corrected chi connectivity index (χ2v) is 6.26. The van der Waals surface area contributed by atoms with E-state index in [2.05, 4.69) is 24.3 Å². The topological polar surface area (TPSA) is 18.5 Å². The summed E-state index contributed by atoms with van der Waals surface area (Å²) in [6.45, 7) is 0. The lowest BCUT2D eigenvalue weighted by Crippen LogP contribution is -2.01. The van der Waals surface area contributed by atoms with Crippen LogP contribution in [0.25, 0.3) is 0 Å². The second kappa shape index (κ2) is 7.41. The molecule has 0 unspecified atom stereocenters. The molecule has 0 fully saturated rings. The van der Waals surface area contributed by atoms with Gasteiger partial charge in [-0.25, -0.2) is 0 Å². The van der Waals surface area contributed by atoms with Crippen molar-refractivity contribution in [3.8, 4) is 11.5 Å². The van der Waals surface area contributed by atoms with E-state index in [1.807, 2.05) is 24.3 Å². The zero-order chi connectivity index (χ0) is 13.5. The Labute approximate surface area is 124 Å². The standard InChI is InChI=1S/2C8H9O.Mg/c2*1-7-3-5-8(9-2)6-4-7;/h2*3-6H,1H2,2H3;. The molecule has 2 nitrogen and oxygen atoms in total. The first kappa shape index (κ1) is 14.2. The molecule has 0 N–H and O–H groups in total. The number of hydrogen-bond donors (Lipinski definition) is 0. The molecule has 2 rings (SSSR count). The number of rotatable bonds is 6. The van der Waals surface area contributed by atoms with E-state index in [-0.39, 0.29) is 20.4 Å². The molecule has 0 saturated heterocycles. The predicted octanol–water partition coefficient (Wildman–Crippen LogP) is 3.11. The van der Waals surface area contributed by atoms with Gasteiger partial charge in [0.05, 0.1) is 14.2 Å². The highest BCUT2D eigenvalue weighted by molar-refractivity contribution is 6.34. The molecule has 19 heavy (non-hydrogen) atoms.